The molecule has 7 heteroatoms. The van der Waals surface area contributed by atoms with Crippen molar-refractivity contribution in [3.05, 3.63) is 82.9 Å². The van der Waals surface area contributed by atoms with Gasteiger partial charge in [0.05, 0.1) is 11.8 Å². The lowest BCUT2D eigenvalue weighted by Gasteiger charge is -2.30. The number of rotatable bonds is 5. The standard InChI is InChI=1S/C24H21ClN2O4/c1-15-6-5-9-19-21(15)24(31)27(23(19)30)26(14-20(28)16-7-3-2-4-8-16)22(29)17-10-12-18(25)13-11-17/h2-8,10-13,15,19,21H,9,14H2,1H3/t15-,19+,21-/m1/s1. The van der Waals surface area contributed by atoms with Gasteiger partial charge >= 0.3 is 0 Å². The summed E-state index contributed by atoms with van der Waals surface area (Å²) < 4.78 is 0. The van der Waals surface area contributed by atoms with Crippen LogP contribution >= 0.6 is 11.6 Å². The fourth-order valence-electron chi connectivity index (χ4n) is 4.20. The molecule has 1 aliphatic heterocycles. The van der Waals surface area contributed by atoms with E-state index in [1.807, 2.05) is 19.1 Å². The van der Waals surface area contributed by atoms with Crippen LogP contribution in [0.3, 0.4) is 0 Å². The lowest BCUT2D eigenvalue weighted by Crippen LogP contribution is -2.52. The van der Waals surface area contributed by atoms with Crippen molar-refractivity contribution in [3.63, 3.8) is 0 Å². The third-order valence-corrected chi connectivity index (χ3v) is 6.06. The predicted octanol–water partition coefficient (Wildman–Crippen LogP) is 3.78. The van der Waals surface area contributed by atoms with Gasteiger partial charge in [0.25, 0.3) is 17.7 Å². The van der Waals surface area contributed by atoms with E-state index < -0.39 is 36.1 Å². The van der Waals surface area contributed by atoms with Gasteiger partial charge in [0.2, 0.25) is 0 Å². The number of hydrogen-bond acceptors (Lipinski definition) is 4. The third kappa shape index (κ3) is 3.91. The van der Waals surface area contributed by atoms with E-state index in [-0.39, 0.29) is 17.3 Å². The summed E-state index contributed by atoms with van der Waals surface area (Å²) in [5.74, 6) is -3.07. The van der Waals surface area contributed by atoms with Gasteiger partial charge in [-0.2, -0.15) is 5.01 Å². The highest BCUT2D eigenvalue weighted by atomic mass is 35.5. The highest BCUT2D eigenvalue weighted by molar-refractivity contribution is 6.30. The van der Waals surface area contributed by atoms with Crippen LogP contribution in [0.4, 0.5) is 0 Å². The van der Waals surface area contributed by atoms with E-state index in [1.54, 1.807) is 42.5 Å². The summed E-state index contributed by atoms with van der Waals surface area (Å²) in [4.78, 5) is 52.7. The minimum Gasteiger partial charge on any atom is -0.292 e. The molecular weight excluding hydrogens is 416 g/mol. The number of hydrazine groups is 1. The zero-order valence-electron chi connectivity index (χ0n) is 16.9. The molecule has 158 valence electrons. The van der Waals surface area contributed by atoms with E-state index in [0.29, 0.717) is 17.0 Å². The molecule has 0 spiro atoms. The summed E-state index contributed by atoms with van der Waals surface area (Å²) in [5, 5.41) is 2.31. The molecule has 1 heterocycles. The molecule has 0 unspecified atom stereocenters. The van der Waals surface area contributed by atoms with E-state index in [4.69, 9.17) is 11.6 Å². The maximum atomic E-state index is 13.4. The molecule has 2 aliphatic rings. The maximum absolute atomic E-state index is 13.4. The second kappa shape index (κ2) is 8.47. The van der Waals surface area contributed by atoms with Crippen LogP contribution in [0.1, 0.15) is 34.1 Å². The number of carbonyl (C=O) groups is 4. The Kier molecular flexibility index (Phi) is 5.74. The van der Waals surface area contributed by atoms with Crippen LogP contribution in [0.5, 0.6) is 0 Å². The van der Waals surface area contributed by atoms with Crippen LogP contribution in [0.25, 0.3) is 0 Å². The molecule has 0 bridgehead atoms. The van der Waals surface area contributed by atoms with E-state index in [9.17, 15) is 19.2 Å². The normalized spacial score (nSPS) is 22.4. The van der Waals surface area contributed by atoms with Crippen molar-refractivity contribution in [1.29, 1.82) is 0 Å². The first-order valence-electron chi connectivity index (χ1n) is 10.1. The smallest absolute Gasteiger partial charge is 0.273 e. The van der Waals surface area contributed by atoms with E-state index in [2.05, 4.69) is 0 Å². The number of benzene rings is 2. The molecular formula is C24H21ClN2O4. The second-order valence-electron chi connectivity index (χ2n) is 7.80. The van der Waals surface area contributed by atoms with E-state index in [1.165, 1.54) is 12.1 Å². The minimum atomic E-state index is -0.609. The van der Waals surface area contributed by atoms with Crippen LogP contribution in [-0.2, 0) is 9.59 Å². The van der Waals surface area contributed by atoms with Crippen molar-refractivity contribution in [2.45, 2.75) is 13.3 Å². The first-order valence-corrected chi connectivity index (χ1v) is 10.5. The number of amides is 3. The molecule has 0 N–H and O–H groups in total. The topological polar surface area (TPSA) is 74.8 Å². The Hall–Kier alpha value is -3.25. The summed E-state index contributed by atoms with van der Waals surface area (Å²) in [6, 6.07) is 14.6. The van der Waals surface area contributed by atoms with Crippen LogP contribution in [-0.4, -0.2) is 40.1 Å². The zero-order valence-corrected chi connectivity index (χ0v) is 17.7. The summed E-state index contributed by atoms with van der Waals surface area (Å²) >= 11 is 5.93. The average Bonchev–Trinajstić information content (AvgIpc) is 3.03. The van der Waals surface area contributed by atoms with Crippen LogP contribution in [0, 0.1) is 17.8 Å². The van der Waals surface area contributed by atoms with Crippen molar-refractivity contribution < 1.29 is 19.2 Å². The summed E-state index contributed by atoms with van der Waals surface area (Å²) in [7, 11) is 0. The molecule has 1 aliphatic carbocycles. The van der Waals surface area contributed by atoms with E-state index >= 15 is 0 Å². The fraction of sp³-hybridized carbons (Fsp3) is 0.250. The number of ketones is 1. The fourth-order valence-corrected chi connectivity index (χ4v) is 4.32. The van der Waals surface area contributed by atoms with Gasteiger partial charge in [-0.3, -0.25) is 19.2 Å². The number of halogens is 1. The monoisotopic (exact) mass is 436 g/mol. The van der Waals surface area contributed by atoms with Gasteiger partial charge in [-0.15, -0.1) is 0 Å². The lowest BCUT2D eigenvalue weighted by atomic mass is 9.78. The number of fused-ring (bicyclic) bond motifs is 1. The largest absolute Gasteiger partial charge is 0.292 e. The molecule has 2 aromatic carbocycles. The molecule has 3 atom stereocenters. The highest BCUT2D eigenvalue weighted by Gasteiger charge is 2.53. The number of allylic oxidation sites excluding steroid dienone is 2. The maximum Gasteiger partial charge on any atom is 0.273 e. The number of imide groups is 1. The molecule has 1 fully saturated rings. The van der Waals surface area contributed by atoms with Crippen molar-refractivity contribution in [2.75, 3.05) is 6.54 Å². The quantitative estimate of drug-likeness (QED) is 0.406. The molecule has 0 aromatic heterocycles. The minimum absolute atomic E-state index is 0.127. The number of hydrogen-bond donors (Lipinski definition) is 0. The summed E-state index contributed by atoms with van der Waals surface area (Å²) in [6.07, 6.45) is 4.24. The van der Waals surface area contributed by atoms with E-state index in [0.717, 1.165) is 10.0 Å². The molecule has 4 rings (SSSR count). The Labute approximate surface area is 185 Å². The van der Waals surface area contributed by atoms with Crippen LogP contribution < -0.4 is 0 Å². The Bertz CT molecular complexity index is 1060. The number of nitrogens with zero attached hydrogens (tertiary/aromatic N) is 2. The van der Waals surface area contributed by atoms with Crippen molar-refractivity contribution in [1.82, 2.24) is 10.0 Å². The zero-order chi connectivity index (χ0) is 22.1. The summed E-state index contributed by atoms with van der Waals surface area (Å²) in [5.41, 5.74) is 0.620. The van der Waals surface area contributed by atoms with Crippen molar-refractivity contribution >= 4 is 35.1 Å². The molecule has 31 heavy (non-hydrogen) atoms. The molecule has 1 saturated heterocycles. The Balaban J connectivity index is 1.70. The molecule has 0 radical (unpaired) electrons. The van der Waals surface area contributed by atoms with Gasteiger partial charge < -0.3 is 0 Å². The third-order valence-electron chi connectivity index (χ3n) is 5.81. The first kappa shape index (κ1) is 21.0. The van der Waals surface area contributed by atoms with Gasteiger partial charge in [0.1, 0.15) is 6.54 Å². The van der Waals surface area contributed by atoms with Crippen molar-refractivity contribution in [2.24, 2.45) is 17.8 Å². The SMILES string of the molecule is C[C@@H]1C=CC[C@@H]2C(=O)N(N(CC(=O)c3ccccc3)C(=O)c3ccc(Cl)cc3)C(=O)[C@H]12. The van der Waals surface area contributed by atoms with Crippen LogP contribution in [0.15, 0.2) is 66.7 Å². The second-order valence-corrected chi connectivity index (χ2v) is 8.24. The number of Topliss-reactive ketones (excluding diaryl/α,β-unsaturated/α-hetero) is 1. The first-order chi connectivity index (χ1) is 14.9. The molecule has 2 aromatic rings. The van der Waals surface area contributed by atoms with Gasteiger partial charge in [-0.1, -0.05) is 61.0 Å². The molecule has 3 amide bonds. The Morgan fingerprint density at radius 1 is 1.00 bits per heavy atom. The molecule has 6 nitrogen and oxygen atoms in total. The highest BCUT2D eigenvalue weighted by Crippen LogP contribution is 2.39. The summed E-state index contributed by atoms with van der Waals surface area (Å²) in [6.45, 7) is 1.45. The van der Waals surface area contributed by atoms with Gasteiger partial charge in [-0.05, 0) is 36.6 Å². The van der Waals surface area contributed by atoms with Crippen LogP contribution in [0.2, 0.25) is 5.02 Å². The number of carbonyl (C=O) groups excluding carboxylic acids is 4. The average molecular weight is 437 g/mol. The van der Waals surface area contributed by atoms with Crippen molar-refractivity contribution in [3.8, 4) is 0 Å². The molecule has 0 saturated carbocycles. The Morgan fingerprint density at radius 3 is 2.32 bits per heavy atom. The van der Waals surface area contributed by atoms with Gasteiger partial charge in [0.15, 0.2) is 5.78 Å². The van der Waals surface area contributed by atoms with Gasteiger partial charge in [0, 0.05) is 16.1 Å². The predicted molar refractivity (Wildman–Crippen MR) is 115 cm³/mol. The lowest BCUT2D eigenvalue weighted by molar-refractivity contribution is -0.154. The Morgan fingerprint density at radius 2 is 1.68 bits per heavy atom. The van der Waals surface area contributed by atoms with Gasteiger partial charge in [-0.25, -0.2) is 5.01 Å².